The van der Waals surface area contributed by atoms with Gasteiger partial charge >= 0.3 is 0 Å². The topological polar surface area (TPSA) is 0 Å². The lowest BCUT2D eigenvalue weighted by Crippen LogP contribution is -2.18. The lowest BCUT2D eigenvalue weighted by Gasteiger charge is -2.20. The van der Waals surface area contributed by atoms with Crippen molar-refractivity contribution in [3.63, 3.8) is 0 Å². The maximum Gasteiger partial charge on any atom is 0.0229 e. The zero-order valence-corrected chi connectivity index (χ0v) is 13.8. The molecule has 0 aliphatic rings. The smallest absolute Gasteiger partial charge is 0.0229 e. The van der Waals surface area contributed by atoms with Crippen molar-refractivity contribution in [2.45, 2.75) is 24.3 Å². The molecule has 0 aromatic rings. The van der Waals surface area contributed by atoms with Gasteiger partial charge in [-0.3, -0.25) is 0 Å². The second-order valence-electron chi connectivity index (χ2n) is 3.06. The first kappa shape index (κ1) is 16.8. The number of hydrogen-bond acceptors (Lipinski definition) is 5. The Labute approximate surface area is 119 Å². The first-order valence-corrected chi connectivity index (χ1v) is 9.82. The first-order chi connectivity index (χ1) is 7.28. The Balaban J connectivity index is 3.77. The van der Waals surface area contributed by atoms with E-state index in [1.54, 1.807) is 0 Å². The van der Waals surface area contributed by atoms with Crippen molar-refractivity contribution in [2.75, 3.05) is 34.5 Å². The minimum absolute atomic E-state index is 0.688. The molecule has 2 unspecified atom stereocenters. The van der Waals surface area contributed by atoms with Gasteiger partial charge in [-0.25, -0.2) is 0 Å². The van der Waals surface area contributed by atoms with Crippen molar-refractivity contribution in [2.24, 2.45) is 0 Å². The molecule has 0 saturated carbocycles. The Morgan fingerprint density at radius 2 is 1.27 bits per heavy atom. The molecule has 0 nitrogen and oxygen atoms in total. The fraction of sp³-hybridized carbons (Fsp3) is 1.00. The zero-order valence-electron chi connectivity index (χ0n) is 9.52. The van der Waals surface area contributed by atoms with Crippen LogP contribution in [0.1, 0.15) is 13.8 Å². The fourth-order valence-electron chi connectivity index (χ4n) is 1.04. The third-order valence-electron chi connectivity index (χ3n) is 1.81. The standard InChI is InChI=1S/C10H22S5/c1-3-13-7-9(5-11)15-10(6-12)8-14-4-2/h9-12H,3-8H2,1-2H3. The molecule has 0 aromatic carbocycles. The summed E-state index contributed by atoms with van der Waals surface area (Å²) >= 11 is 15.0. The highest BCUT2D eigenvalue weighted by molar-refractivity contribution is 8.06. The molecule has 5 heteroatoms. The Hall–Kier alpha value is 1.75. The van der Waals surface area contributed by atoms with Crippen LogP contribution in [-0.2, 0) is 0 Å². The molecule has 0 heterocycles. The summed E-state index contributed by atoms with van der Waals surface area (Å²) in [5, 5.41) is 1.38. The molecule has 0 saturated heterocycles. The SMILES string of the molecule is CCSCC(CS)SC(CS)CSCC. The summed E-state index contributed by atoms with van der Waals surface area (Å²) in [6, 6.07) is 0. The monoisotopic (exact) mass is 302 g/mol. The molecule has 2 atom stereocenters. The third kappa shape index (κ3) is 9.45. The fourth-order valence-corrected chi connectivity index (χ4v) is 5.32. The Kier molecular flexibility index (Phi) is 13.6. The van der Waals surface area contributed by atoms with Gasteiger partial charge in [0.05, 0.1) is 0 Å². The molecule has 0 radical (unpaired) electrons. The second-order valence-corrected chi connectivity index (χ2v) is 8.04. The molecule has 0 aliphatic carbocycles. The van der Waals surface area contributed by atoms with Crippen molar-refractivity contribution in [1.29, 1.82) is 0 Å². The Morgan fingerprint density at radius 3 is 1.53 bits per heavy atom. The molecule has 0 N–H and O–H groups in total. The van der Waals surface area contributed by atoms with Gasteiger partial charge in [0.25, 0.3) is 0 Å². The molecule has 0 bridgehead atoms. The van der Waals surface area contributed by atoms with E-state index in [1.807, 2.05) is 23.5 Å². The largest absolute Gasteiger partial charge is 0.178 e. The van der Waals surface area contributed by atoms with Crippen LogP contribution < -0.4 is 0 Å². The average molecular weight is 303 g/mol. The second kappa shape index (κ2) is 12.2. The summed E-state index contributed by atoms with van der Waals surface area (Å²) < 4.78 is 0. The van der Waals surface area contributed by atoms with Gasteiger partial charge in [-0.05, 0) is 11.5 Å². The summed E-state index contributed by atoms with van der Waals surface area (Å²) in [6.07, 6.45) is 0. The van der Waals surface area contributed by atoms with Crippen LogP contribution in [0.15, 0.2) is 0 Å². The molecular formula is C10H22S5. The van der Waals surface area contributed by atoms with Gasteiger partial charge in [0, 0.05) is 33.5 Å². The van der Waals surface area contributed by atoms with Crippen LogP contribution >= 0.6 is 60.5 Å². The lowest BCUT2D eigenvalue weighted by molar-refractivity contribution is 1.09. The zero-order chi connectivity index (χ0) is 11.5. The van der Waals surface area contributed by atoms with Gasteiger partial charge in [-0.2, -0.15) is 60.5 Å². The first-order valence-electron chi connectivity index (χ1n) is 5.31. The minimum Gasteiger partial charge on any atom is -0.178 e. The van der Waals surface area contributed by atoms with E-state index in [0.29, 0.717) is 10.5 Å². The summed E-state index contributed by atoms with van der Waals surface area (Å²) in [7, 11) is 0. The molecule has 0 fully saturated rings. The molecule has 0 aromatic heterocycles. The maximum atomic E-state index is 4.43. The number of hydrogen-bond donors (Lipinski definition) is 2. The van der Waals surface area contributed by atoms with Gasteiger partial charge in [0.2, 0.25) is 0 Å². The van der Waals surface area contributed by atoms with Crippen LogP contribution in [0.4, 0.5) is 0 Å². The normalized spacial score (nSPS) is 15.2. The summed E-state index contributed by atoms with van der Waals surface area (Å²) in [5.74, 6) is 6.84. The van der Waals surface area contributed by atoms with Gasteiger partial charge in [0.1, 0.15) is 0 Å². The molecule has 0 rings (SSSR count). The predicted molar refractivity (Wildman–Crippen MR) is 88.9 cm³/mol. The van der Waals surface area contributed by atoms with Crippen molar-refractivity contribution >= 4 is 60.5 Å². The molecule has 0 spiro atoms. The quantitative estimate of drug-likeness (QED) is 0.589. The van der Waals surface area contributed by atoms with Crippen LogP contribution in [0.5, 0.6) is 0 Å². The van der Waals surface area contributed by atoms with Crippen LogP contribution in [0, 0.1) is 0 Å². The number of rotatable bonds is 10. The van der Waals surface area contributed by atoms with Gasteiger partial charge in [-0.15, -0.1) is 0 Å². The van der Waals surface area contributed by atoms with Gasteiger partial charge in [-0.1, -0.05) is 13.8 Å². The van der Waals surface area contributed by atoms with Crippen LogP contribution in [0.25, 0.3) is 0 Å². The van der Waals surface area contributed by atoms with Gasteiger partial charge < -0.3 is 0 Å². The van der Waals surface area contributed by atoms with Crippen molar-refractivity contribution in [3.8, 4) is 0 Å². The van der Waals surface area contributed by atoms with Crippen LogP contribution in [0.3, 0.4) is 0 Å². The van der Waals surface area contributed by atoms with E-state index in [1.165, 1.54) is 23.0 Å². The third-order valence-corrected chi connectivity index (χ3v) is 7.13. The summed E-state index contributed by atoms with van der Waals surface area (Å²) in [6.45, 7) is 4.43. The highest BCUT2D eigenvalue weighted by atomic mass is 32.2. The van der Waals surface area contributed by atoms with E-state index in [-0.39, 0.29) is 0 Å². The molecule has 0 amide bonds. The number of thioether (sulfide) groups is 3. The average Bonchev–Trinajstić information content (AvgIpc) is 2.28. The maximum absolute atomic E-state index is 4.43. The van der Waals surface area contributed by atoms with E-state index in [4.69, 9.17) is 0 Å². The van der Waals surface area contributed by atoms with E-state index in [0.717, 1.165) is 11.5 Å². The van der Waals surface area contributed by atoms with E-state index in [9.17, 15) is 0 Å². The molecule has 0 aliphatic heterocycles. The molecule has 92 valence electrons. The van der Waals surface area contributed by atoms with Gasteiger partial charge in [0.15, 0.2) is 0 Å². The molecular weight excluding hydrogens is 280 g/mol. The van der Waals surface area contributed by atoms with E-state index >= 15 is 0 Å². The summed E-state index contributed by atoms with van der Waals surface area (Å²) in [4.78, 5) is 0. The highest BCUT2D eigenvalue weighted by Gasteiger charge is 2.14. The Bertz CT molecular complexity index is 117. The van der Waals surface area contributed by atoms with Crippen molar-refractivity contribution in [3.05, 3.63) is 0 Å². The molecule has 15 heavy (non-hydrogen) atoms. The predicted octanol–water partition coefficient (Wildman–Crippen LogP) is 3.82. The van der Waals surface area contributed by atoms with E-state index < -0.39 is 0 Å². The highest BCUT2D eigenvalue weighted by Crippen LogP contribution is 2.25. The van der Waals surface area contributed by atoms with E-state index in [2.05, 4.69) is 50.9 Å². The minimum atomic E-state index is 0.688. The lowest BCUT2D eigenvalue weighted by atomic mass is 10.5. The number of thiol groups is 2. The van der Waals surface area contributed by atoms with Crippen LogP contribution in [-0.4, -0.2) is 45.0 Å². The summed E-state index contributed by atoms with van der Waals surface area (Å²) in [5.41, 5.74) is 0. The van der Waals surface area contributed by atoms with Crippen molar-refractivity contribution in [1.82, 2.24) is 0 Å². The Morgan fingerprint density at radius 1 is 0.867 bits per heavy atom. The van der Waals surface area contributed by atoms with Crippen molar-refractivity contribution < 1.29 is 0 Å². The van der Waals surface area contributed by atoms with Crippen LogP contribution in [0.2, 0.25) is 0 Å².